The lowest BCUT2D eigenvalue weighted by molar-refractivity contribution is -0.137. The number of thioether (sulfide) groups is 1. The molecule has 1 aliphatic rings. The van der Waals surface area contributed by atoms with E-state index in [1.807, 2.05) is 0 Å². The first-order valence-corrected chi connectivity index (χ1v) is 6.87. The second-order valence-electron chi connectivity index (χ2n) is 4.38. The van der Waals surface area contributed by atoms with Crippen LogP contribution in [0.4, 0.5) is 0 Å². The van der Waals surface area contributed by atoms with Gasteiger partial charge < -0.3 is 10.2 Å². The normalized spacial score (nSPS) is 16.4. The molecule has 4 nitrogen and oxygen atoms in total. The zero-order valence-corrected chi connectivity index (χ0v) is 10.8. The van der Waals surface area contributed by atoms with Crippen molar-refractivity contribution in [3.05, 3.63) is 0 Å². The van der Waals surface area contributed by atoms with Gasteiger partial charge in [-0.25, -0.2) is 0 Å². The average molecular weight is 244 g/mol. The van der Waals surface area contributed by atoms with Gasteiger partial charge in [-0.1, -0.05) is 13.8 Å². The summed E-state index contributed by atoms with van der Waals surface area (Å²) in [4.78, 5) is 24.5. The Kier molecular flexibility index (Phi) is 5.66. The smallest absolute Gasteiger partial charge is 0.239 e. The molecule has 16 heavy (non-hydrogen) atoms. The van der Waals surface area contributed by atoms with Gasteiger partial charge in [0.15, 0.2) is 0 Å². The van der Waals surface area contributed by atoms with Crippen LogP contribution in [0, 0.1) is 5.92 Å². The molecule has 2 amide bonds. The standard InChI is InChI=1S/C11H20N2O2S/c1-9(2)8-16-6-3-11(15)13-5-4-12-10(14)7-13/h9H,3-8H2,1-2H3,(H,12,14). The minimum Gasteiger partial charge on any atom is -0.353 e. The molecular weight excluding hydrogens is 224 g/mol. The summed E-state index contributed by atoms with van der Waals surface area (Å²) in [5.41, 5.74) is 0. The minimum atomic E-state index is -0.0468. The van der Waals surface area contributed by atoms with E-state index >= 15 is 0 Å². The Hall–Kier alpha value is -0.710. The molecule has 1 heterocycles. The Morgan fingerprint density at radius 1 is 1.56 bits per heavy atom. The topological polar surface area (TPSA) is 49.4 Å². The number of hydrogen-bond donors (Lipinski definition) is 1. The van der Waals surface area contributed by atoms with Crippen molar-refractivity contribution in [1.29, 1.82) is 0 Å². The zero-order chi connectivity index (χ0) is 12.0. The van der Waals surface area contributed by atoms with Crippen LogP contribution < -0.4 is 5.32 Å². The van der Waals surface area contributed by atoms with Gasteiger partial charge in [-0.15, -0.1) is 0 Å². The number of rotatable bonds is 5. The van der Waals surface area contributed by atoms with Crippen LogP contribution in [-0.4, -0.2) is 47.9 Å². The Morgan fingerprint density at radius 3 is 2.94 bits per heavy atom. The highest BCUT2D eigenvalue weighted by atomic mass is 32.2. The molecule has 0 radical (unpaired) electrons. The predicted octanol–water partition coefficient (Wildman–Crippen LogP) is 0.724. The van der Waals surface area contributed by atoms with Gasteiger partial charge in [0.2, 0.25) is 11.8 Å². The van der Waals surface area contributed by atoms with Crippen molar-refractivity contribution in [2.75, 3.05) is 31.1 Å². The summed E-state index contributed by atoms with van der Waals surface area (Å²) in [6.45, 7) is 5.81. The maximum Gasteiger partial charge on any atom is 0.239 e. The molecule has 0 aromatic rings. The molecule has 1 fully saturated rings. The first-order chi connectivity index (χ1) is 7.59. The minimum absolute atomic E-state index is 0.0468. The van der Waals surface area contributed by atoms with Gasteiger partial charge in [0.1, 0.15) is 0 Å². The van der Waals surface area contributed by atoms with Gasteiger partial charge in [-0.05, 0) is 11.7 Å². The first kappa shape index (κ1) is 13.4. The van der Waals surface area contributed by atoms with Crippen LogP contribution >= 0.6 is 11.8 Å². The highest BCUT2D eigenvalue weighted by Crippen LogP contribution is 2.10. The van der Waals surface area contributed by atoms with Gasteiger partial charge in [0.05, 0.1) is 6.54 Å². The molecule has 0 saturated carbocycles. The Balaban J connectivity index is 2.16. The summed E-state index contributed by atoms with van der Waals surface area (Å²) in [5.74, 6) is 2.67. The van der Waals surface area contributed by atoms with Crippen molar-refractivity contribution in [2.45, 2.75) is 20.3 Å². The fraction of sp³-hybridized carbons (Fsp3) is 0.818. The van der Waals surface area contributed by atoms with E-state index in [1.54, 1.807) is 16.7 Å². The fourth-order valence-corrected chi connectivity index (χ4v) is 2.45. The summed E-state index contributed by atoms with van der Waals surface area (Å²) in [5, 5.41) is 2.71. The van der Waals surface area contributed by atoms with E-state index in [2.05, 4.69) is 19.2 Å². The summed E-state index contributed by atoms with van der Waals surface area (Å²) in [6, 6.07) is 0. The highest BCUT2D eigenvalue weighted by Gasteiger charge is 2.20. The van der Waals surface area contributed by atoms with E-state index < -0.39 is 0 Å². The van der Waals surface area contributed by atoms with Crippen LogP contribution in [0.2, 0.25) is 0 Å². The summed E-state index contributed by atoms with van der Waals surface area (Å²) >= 11 is 1.81. The van der Waals surface area contributed by atoms with E-state index in [1.165, 1.54) is 0 Å². The Labute approximate surface area is 101 Å². The molecule has 5 heteroatoms. The van der Waals surface area contributed by atoms with Crippen molar-refractivity contribution >= 4 is 23.6 Å². The number of nitrogens with zero attached hydrogens (tertiary/aromatic N) is 1. The van der Waals surface area contributed by atoms with Crippen molar-refractivity contribution in [1.82, 2.24) is 10.2 Å². The second kappa shape index (κ2) is 6.78. The van der Waals surface area contributed by atoms with Gasteiger partial charge in [0.25, 0.3) is 0 Å². The van der Waals surface area contributed by atoms with Gasteiger partial charge in [-0.2, -0.15) is 11.8 Å². The molecule has 1 saturated heterocycles. The number of carbonyl (C=O) groups excluding carboxylic acids is 2. The molecule has 0 aromatic heterocycles. The van der Waals surface area contributed by atoms with E-state index in [0.29, 0.717) is 25.4 Å². The van der Waals surface area contributed by atoms with Crippen molar-refractivity contribution in [3.8, 4) is 0 Å². The Bertz CT molecular complexity index is 256. The third-order valence-electron chi connectivity index (χ3n) is 2.30. The summed E-state index contributed by atoms with van der Waals surface area (Å²) < 4.78 is 0. The molecule has 0 aromatic carbocycles. The molecule has 0 bridgehead atoms. The lowest BCUT2D eigenvalue weighted by Gasteiger charge is -2.26. The molecule has 0 spiro atoms. The number of hydrogen-bond acceptors (Lipinski definition) is 3. The van der Waals surface area contributed by atoms with E-state index in [4.69, 9.17) is 0 Å². The molecule has 1 rings (SSSR count). The number of amides is 2. The Morgan fingerprint density at radius 2 is 2.31 bits per heavy atom. The van der Waals surface area contributed by atoms with Crippen LogP contribution in [0.1, 0.15) is 20.3 Å². The third-order valence-corrected chi connectivity index (χ3v) is 3.70. The van der Waals surface area contributed by atoms with Crippen molar-refractivity contribution < 1.29 is 9.59 Å². The number of carbonyl (C=O) groups is 2. The lowest BCUT2D eigenvalue weighted by Crippen LogP contribution is -2.50. The van der Waals surface area contributed by atoms with Crippen LogP contribution in [-0.2, 0) is 9.59 Å². The average Bonchev–Trinajstić information content (AvgIpc) is 2.24. The monoisotopic (exact) mass is 244 g/mol. The van der Waals surface area contributed by atoms with Crippen LogP contribution in [0.3, 0.4) is 0 Å². The number of piperazine rings is 1. The quantitative estimate of drug-likeness (QED) is 0.725. The van der Waals surface area contributed by atoms with Gasteiger partial charge >= 0.3 is 0 Å². The van der Waals surface area contributed by atoms with E-state index in [-0.39, 0.29) is 18.4 Å². The maximum absolute atomic E-state index is 11.7. The maximum atomic E-state index is 11.7. The third kappa shape index (κ3) is 4.88. The molecule has 1 aliphatic heterocycles. The summed E-state index contributed by atoms with van der Waals surface area (Å²) in [7, 11) is 0. The van der Waals surface area contributed by atoms with Gasteiger partial charge in [0, 0.05) is 25.3 Å². The van der Waals surface area contributed by atoms with Crippen molar-refractivity contribution in [3.63, 3.8) is 0 Å². The lowest BCUT2D eigenvalue weighted by atomic mass is 10.3. The zero-order valence-electron chi connectivity index (χ0n) is 9.99. The first-order valence-electron chi connectivity index (χ1n) is 5.72. The highest BCUT2D eigenvalue weighted by molar-refractivity contribution is 7.99. The van der Waals surface area contributed by atoms with E-state index in [0.717, 1.165) is 11.5 Å². The number of nitrogens with one attached hydrogen (secondary N) is 1. The molecular formula is C11H20N2O2S. The predicted molar refractivity (Wildman–Crippen MR) is 66.4 cm³/mol. The van der Waals surface area contributed by atoms with E-state index in [9.17, 15) is 9.59 Å². The van der Waals surface area contributed by atoms with Crippen LogP contribution in [0.25, 0.3) is 0 Å². The fourth-order valence-electron chi connectivity index (χ4n) is 1.49. The van der Waals surface area contributed by atoms with Gasteiger partial charge in [-0.3, -0.25) is 9.59 Å². The van der Waals surface area contributed by atoms with Crippen LogP contribution in [0.15, 0.2) is 0 Å². The molecule has 0 unspecified atom stereocenters. The largest absolute Gasteiger partial charge is 0.353 e. The summed E-state index contributed by atoms with van der Waals surface area (Å²) in [6.07, 6.45) is 0.546. The SMILES string of the molecule is CC(C)CSCCC(=O)N1CCNC(=O)C1. The molecule has 0 atom stereocenters. The second-order valence-corrected chi connectivity index (χ2v) is 5.53. The van der Waals surface area contributed by atoms with Crippen molar-refractivity contribution in [2.24, 2.45) is 5.92 Å². The van der Waals surface area contributed by atoms with Crippen LogP contribution in [0.5, 0.6) is 0 Å². The molecule has 0 aliphatic carbocycles. The molecule has 92 valence electrons. The molecule has 1 N–H and O–H groups in total.